The highest BCUT2D eigenvalue weighted by atomic mass is 79.9. The Hall–Kier alpha value is 0.480. The van der Waals surface area contributed by atoms with Crippen molar-refractivity contribution in [1.82, 2.24) is 0 Å². The lowest BCUT2D eigenvalue weighted by Crippen LogP contribution is -2.77. The van der Waals surface area contributed by atoms with Crippen LogP contribution >= 0.6 is 15.9 Å². The molecule has 0 aromatic heterocycles. The van der Waals surface area contributed by atoms with Crippen LogP contribution in [-0.4, -0.2) is 4.83 Å². The highest BCUT2D eigenvalue weighted by Crippen LogP contribution is 3.21. The molecule has 22 heavy (non-hydrogen) atoms. The molecule has 13 saturated carbocycles. The number of alkyl halides is 1. The summed E-state index contributed by atoms with van der Waals surface area (Å²) in [5.41, 5.74) is 3.88. The van der Waals surface area contributed by atoms with E-state index in [1.54, 1.807) is 25.7 Å². The fourth-order valence-corrected chi connectivity index (χ4v) is 18.5. The first kappa shape index (κ1) is 9.83. The molecular weight excluding hydrogens is 332 g/mol. The third-order valence-corrected chi connectivity index (χ3v) is 15.4. The molecule has 0 radical (unpaired) electrons. The fraction of sp³-hybridized carbons (Fsp3) is 1.00. The van der Waals surface area contributed by atoms with Gasteiger partial charge >= 0.3 is 0 Å². The van der Waals surface area contributed by atoms with Crippen molar-refractivity contribution in [3.05, 3.63) is 0 Å². The Kier molecular flexibility index (Phi) is 0.884. The first-order valence-electron chi connectivity index (χ1n) is 10.5. The molecule has 112 valence electrons. The molecule has 0 N–H and O–H groups in total. The van der Waals surface area contributed by atoms with Crippen molar-refractivity contribution in [1.29, 1.82) is 0 Å². The standard InChI is InChI=1S/C21H21Br/c22-17-15-13-5-1-2-6-14(13)16(17)21-10-4-9-11-7-3-8(12(10)11)19(6,21)18(5,7)20(9,15)21/h5-17H,1-4H2/t5-,6+,7+,8-,9-,10+,11-,12+,13-,14+,15-,16+,17?,18-,19-,20+,21-/m1/s1. The van der Waals surface area contributed by atoms with Gasteiger partial charge in [0.1, 0.15) is 0 Å². The third kappa shape index (κ3) is 0.367. The van der Waals surface area contributed by atoms with Crippen LogP contribution in [0.15, 0.2) is 0 Å². The summed E-state index contributed by atoms with van der Waals surface area (Å²) < 4.78 is 0. The predicted molar refractivity (Wildman–Crippen MR) is 82.8 cm³/mol. The summed E-state index contributed by atoms with van der Waals surface area (Å²) in [5, 5.41) is 0. The lowest BCUT2D eigenvalue weighted by Gasteiger charge is -2.79. The van der Waals surface area contributed by atoms with Crippen molar-refractivity contribution in [2.24, 2.45) is 92.7 Å². The first-order valence-corrected chi connectivity index (χ1v) is 11.4. The van der Waals surface area contributed by atoms with Crippen LogP contribution in [0, 0.1) is 92.7 Å². The van der Waals surface area contributed by atoms with Crippen LogP contribution in [0.4, 0.5) is 0 Å². The van der Waals surface area contributed by atoms with Gasteiger partial charge in [0.05, 0.1) is 0 Å². The Morgan fingerprint density at radius 2 is 1.00 bits per heavy atom. The lowest BCUT2D eigenvalue weighted by molar-refractivity contribution is -0.339. The molecule has 8 bridgehead atoms. The van der Waals surface area contributed by atoms with E-state index < -0.39 is 0 Å². The van der Waals surface area contributed by atoms with E-state index in [9.17, 15) is 0 Å². The molecule has 4 spiro atoms. The fourth-order valence-electron chi connectivity index (χ4n) is 17.0. The highest BCUT2D eigenvalue weighted by Gasteiger charge is 3.19. The van der Waals surface area contributed by atoms with E-state index >= 15 is 0 Å². The van der Waals surface area contributed by atoms with Crippen molar-refractivity contribution in [3.8, 4) is 0 Å². The Balaban J connectivity index is 1.53. The van der Waals surface area contributed by atoms with E-state index in [1.165, 1.54) is 71.0 Å². The van der Waals surface area contributed by atoms with Gasteiger partial charge in [0.15, 0.2) is 0 Å². The number of hydrogen-bond donors (Lipinski definition) is 0. The minimum absolute atomic E-state index is 0.960. The summed E-state index contributed by atoms with van der Waals surface area (Å²) in [6.07, 6.45) is 6.88. The van der Waals surface area contributed by atoms with Gasteiger partial charge in [-0.3, -0.25) is 0 Å². The van der Waals surface area contributed by atoms with Gasteiger partial charge in [0.2, 0.25) is 0 Å². The minimum Gasteiger partial charge on any atom is -0.0884 e. The van der Waals surface area contributed by atoms with Crippen molar-refractivity contribution < 1.29 is 0 Å². The maximum Gasteiger partial charge on any atom is 0.0219 e. The molecule has 0 heterocycles. The summed E-state index contributed by atoms with van der Waals surface area (Å²) in [4.78, 5) is 0.983. The number of fused-ring (bicyclic) bond motifs is 1. The molecule has 1 heteroatoms. The lowest BCUT2D eigenvalue weighted by atomic mass is 9.24. The Morgan fingerprint density at radius 3 is 1.50 bits per heavy atom. The van der Waals surface area contributed by atoms with Gasteiger partial charge in [-0.1, -0.05) is 15.9 Å². The molecule has 0 saturated heterocycles. The maximum absolute atomic E-state index is 4.42. The zero-order valence-corrected chi connectivity index (χ0v) is 14.3. The smallest absolute Gasteiger partial charge is 0.0219 e. The average Bonchev–Trinajstić information content (AvgIpc) is 3.26. The van der Waals surface area contributed by atoms with Crippen LogP contribution in [-0.2, 0) is 0 Å². The van der Waals surface area contributed by atoms with Crippen molar-refractivity contribution in [2.45, 2.75) is 30.5 Å². The van der Waals surface area contributed by atoms with Crippen LogP contribution in [0.3, 0.4) is 0 Å². The second-order valence-corrected chi connectivity index (χ2v) is 13.0. The SMILES string of the molecule is BrC1[C@@H]2[C@@H]3[C@H]4[C@H]5CC[C@@H]3[C@@]36[C@@H]7C[C@H]8[C@H]9[C@@H]7[C@@H]7C[C@H]9[C@]([C@@H]14)([C@]583)[C@@]276. The van der Waals surface area contributed by atoms with Gasteiger partial charge in [-0.25, -0.2) is 0 Å². The maximum atomic E-state index is 4.42. The van der Waals surface area contributed by atoms with Gasteiger partial charge in [-0.2, -0.15) is 0 Å². The molecule has 0 aliphatic heterocycles. The number of halogens is 1. The van der Waals surface area contributed by atoms with Crippen molar-refractivity contribution >= 4 is 15.9 Å². The van der Waals surface area contributed by atoms with E-state index in [0.717, 1.165) is 26.5 Å². The Labute approximate surface area is 139 Å². The molecule has 13 fully saturated rings. The molecule has 0 amide bonds. The van der Waals surface area contributed by atoms with Crippen LogP contribution in [0.2, 0.25) is 0 Å². The van der Waals surface area contributed by atoms with E-state index in [2.05, 4.69) is 15.9 Å². The van der Waals surface area contributed by atoms with Gasteiger partial charge < -0.3 is 0 Å². The molecular formula is C21H21Br. The molecule has 0 aromatic rings. The Morgan fingerprint density at radius 1 is 0.545 bits per heavy atom. The van der Waals surface area contributed by atoms with Gasteiger partial charge in [0.25, 0.3) is 0 Å². The van der Waals surface area contributed by atoms with E-state index in [1.807, 2.05) is 0 Å². The molecule has 13 rings (SSSR count). The summed E-state index contributed by atoms with van der Waals surface area (Å²) in [6, 6.07) is 0. The van der Waals surface area contributed by atoms with Crippen LogP contribution in [0.5, 0.6) is 0 Å². The largest absolute Gasteiger partial charge is 0.0884 e. The molecule has 13 aliphatic carbocycles. The average molecular weight is 353 g/mol. The summed E-state index contributed by atoms with van der Waals surface area (Å²) in [7, 11) is 0. The first-order chi connectivity index (χ1) is 10.8. The van der Waals surface area contributed by atoms with Crippen molar-refractivity contribution in [3.63, 3.8) is 0 Å². The van der Waals surface area contributed by atoms with E-state index in [0.29, 0.717) is 0 Å². The molecule has 0 aromatic carbocycles. The normalized spacial score (nSPS) is 103. The second-order valence-electron chi connectivity index (χ2n) is 12.0. The summed E-state index contributed by atoms with van der Waals surface area (Å²) >= 11 is 4.42. The van der Waals surface area contributed by atoms with Gasteiger partial charge in [0, 0.05) is 4.83 Å². The quantitative estimate of drug-likeness (QED) is 0.581. The van der Waals surface area contributed by atoms with Gasteiger partial charge in [-0.05, 0) is 118 Å². The predicted octanol–water partition coefficient (Wildman–Crippen LogP) is 3.80. The number of hydrogen-bond acceptors (Lipinski definition) is 0. The van der Waals surface area contributed by atoms with Gasteiger partial charge in [-0.15, -0.1) is 0 Å². The number of rotatable bonds is 0. The topological polar surface area (TPSA) is 0 Å². The molecule has 1 unspecified atom stereocenters. The minimum atomic E-state index is 0.960. The van der Waals surface area contributed by atoms with Crippen LogP contribution in [0.1, 0.15) is 25.7 Å². The summed E-state index contributed by atoms with van der Waals surface area (Å²) in [5.74, 6) is 14.9. The second kappa shape index (κ2) is 1.98. The van der Waals surface area contributed by atoms with E-state index in [4.69, 9.17) is 0 Å². The highest BCUT2D eigenvalue weighted by molar-refractivity contribution is 9.09. The zero-order valence-electron chi connectivity index (χ0n) is 12.7. The monoisotopic (exact) mass is 352 g/mol. The molecule has 17 atom stereocenters. The summed E-state index contributed by atoms with van der Waals surface area (Å²) in [6.45, 7) is 0. The van der Waals surface area contributed by atoms with Crippen LogP contribution in [0.25, 0.3) is 0 Å². The van der Waals surface area contributed by atoms with Crippen molar-refractivity contribution in [2.75, 3.05) is 0 Å². The Bertz CT molecular complexity index is 719. The molecule has 13 aliphatic rings. The third-order valence-electron chi connectivity index (χ3n) is 14.3. The molecule has 0 nitrogen and oxygen atoms in total. The van der Waals surface area contributed by atoms with E-state index in [-0.39, 0.29) is 0 Å². The van der Waals surface area contributed by atoms with Crippen LogP contribution < -0.4 is 0 Å². The zero-order chi connectivity index (χ0) is 13.3.